The Labute approximate surface area is 121 Å². The zero-order valence-corrected chi connectivity index (χ0v) is 12.4. The Kier molecular flexibility index (Phi) is 3.34. The summed E-state index contributed by atoms with van der Waals surface area (Å²) in [5.74, 6) is -0.391. The molecular formula is C16H16FNOS. The maximum Gasteiger partial charge on any atom is 0.259 e. The van der Waals surface area contributed by atoms with E-state index in [-0.39, 0.29) is 11.7 Å². The van der Waals surface area contributed by atoms with E-state index in [0.717, 1.165) is 28.2 Å². The summed E-state index contributed by atoms with van der Waals surface area (Å²) in [6.07, 6.45) is 1.71. The topological polar surface area (TPSA) is 20.3 Å². The number of halogens is 1. The van der Waals surface area contributed by atoms with E-state index in [4.69, 9.17) is 0 Å². The van der Waals surface area contributed by atoms with Crippen LogP contribution in [0.25, 0.3) is 0 Å². The lowest BCUT2D eigenvalue weighted by molar-refractivity contribution is 0.0984. The molecule has 0 N–H and O–H groups in total. The van der Waals surface area contributed by atoms with Crippen molar-refractivity contribution in [2.45, 2.75) is 26.7 Å². The van der Waals surface area contributed by atoms with Crippen molar-refractivity contribution in [2.24, 2.45) is 0 Å². The van der Waals surface area contributed by atoms with Crippen LogP contribution in [0.5, 0.6) is 0 Å². The third-order valence-corrected chi connectivity index (χ3v) is 4.65. The predicted molar refractivity (Wildman–Crippen MR) is 80.2 cm³/mol. The van der Waals surface area contributed by atoms with Crippen molar-refractivity contribution in [1.29, 1.82) is 0 Å². The van der Waals surface area contributed by atoms with Crippen molar-refractivity contribution in [3.05, 3.63) is 51.0 Å². The van der Waals surface area contributed by atoms with Crippen LogP contribution in [0, 0.1) is 19.7 Å². The van der Waals surface area contributed by atoms with Gasteiger partial charge in [-0.3, -0.25) is 4.79 Å². The van der Waals surface area contributed by atoms with Crippen molar-refractivity contribution in [3.63, 3.8) is 0 Å². The monoisotopic (exact) mass is 289 g/mol. The highest BCUT2D eigenvalue weighted by atomic mass is 32.1. The van der Waals surface area contributed by atoms with Crippen LogP contribution < -0.4 is 4.90 Å². The number of amides is 1. The van der Waals surface area contributed by atoms with Gasteiger partial charge in [0.05, 0.1) is 11.3 Å². The van der Waals surface area contributed by atoms with Crippen LogP contribution in [0.3, 0.4) is 0 Å². The third kappa shape index (κ3) is 2.14. The number of para-hydroxylation sites is 1. The highest BCUT2D eigenvalue weighted by molar-refractivity contribution is 7.12. The second-order valence-electron chi connectivity index (χ2n) is 5.13. The maximum absolute atomic E-state index is 14.1. The second-order valence-corrected chi connectivity index (χ2v) is 6.60. The minimum Gasteiger partial charge on any atom is -0.305 e. The molecule has 0 fully saturated rings. The number of benzene rings is 1. The zero-order chi connectivity index (χ0) is 14.3. The molecule has 0 aliphatic carbocycles. The lowest BCUT2D eigenvalue weighted by atomic mass is 10.0. The van der Waals surface area contributed by atoms with E-state index < -0.39 is 0 Å². The van der Waals surface area contributed by atoms with Crippen molar-refractivity contribution in [2.75, 3.05) is 11.4 Å². The number of aryl methyl sites for hydroxylation is 3. The van der Waals surface area contributed by atoms with Crippen molar-refractivity contribution < 1.29 is 9.18 Å². The van der Waals surface area contributed by atoms with Gasteiger partial charge < -0.3 is 4.90 Å². The Hall–Kier alpha value is -1.68. The molecule has 1 amide bonds. The second kappa shape index (κ2) is 5.02. The number of nitrogens with zero attached hydrogens (tertiary/aromatic N) is 1. The number of hydrogen-bond donors (Lipinski definition) is 0. The Bertz CT molecular complexity index is 677. The fraction of sp³-hybridized carbons (Fsp3) is 0.312. The standard InChI is InChI=1S/C16H16FNOS/c1-10-9-13(11(2)20-10)16(19)18-8-4-6-12-5-3-7-14(17)15(12)18/h3,5,7,9H,4,6,8H2,1-2H3. The van der Waals surface area contributed by atoms with Crippen LogP contribution in [0.4, 0.5) is 10.1 Å². The molecule has 1 aliphatic heterocycles. The normalized spacial score (nSPS) is 14.2. The van der Waals surface area contributed by atoms with E-state index in [2.05, 4.69) is 0 Å². The number of anilines is 1. The summed E-state index contributed by atoms with van der Waals surface area (Å²) in [7, 11) is 0. The molecule has 3 rings (SSSR count). The Morgan fingerprint density at radius 3 is 2.85 bits per heavy atom. The molecule has 104 valence electrons. The van der Waals surface area contributed by atoms with Crippen LogP contribution in [-0.2, 0) is 6.42 Å². The molecule has 0 saturated heterocycles. The molecule has 2 aromatic rings. The number of carbonyl (C=O) groups excluding carboxylic acids is 1. The van der Waals surface area contributed by atoms with Gasteiger partial charge in [0, 0.05) is 16.3 Å². The Morgan fingerprint density at radius 2 is 2.15 bits per heavy atom. The van der Waals surface area contributed by atoms with Crippen LogP contribution in [0.15, 0.2) is 24.3 Å². The quantitative estimate of drug-likeness (QED) is 0.774. The first-order valence-corrected chi connectivity index (χ1v) is 7.56. The highest BCUT2D eigenvalue weighted by Gasteiger charge is 2.27. The molecule has 0 atom stereocenters. The zero-order valence-electron chi connectivity index (χ0n) is 11.6. The van der Waals surface area contributed by atoms with E-state index in [0.29, 0.717) is 17.8 Å². The fourth-order valence-electron chi connectivity index (χ4n) is 2.80. The molecule has 0 saturated carbocycles. The summed E-state index contributed by atoms with van der Waals surface area (Å²) in [6, 6.07) is 6.94. The van der Waals surface area contributed by atoms with E-state index in [1.54, 1.807) is 22.3 Å². The van der Waals surface area contributed by atoms with E-state index >= 15 is 0 Å². The van der Waals surface area contributed by atoms with Crippen molar-refractivity contribution in [1.82, 2.24) is 0 Å². The van der Waals surface area contributed by atoms with E-state index in [1.165, 1.54) is 6.07 Å². The predicted octanol–water partition coefficient (Wildman–Crippen LogP) is 4.10. The molecule has 0 bridgehead atoms. The number of fused-ring (bicyclic) bond motifs is 1. The number of rotatable bonds is 1. The summed E-state index contributed by atoms with van der Waals surface area (Å²) >= 11 is 1.61. The van der Waals surface area contributed by atoms with Crippen LogP contribution in [0.1, 0.15) is 32.1 Å². The first-order chi connectivity index (χ1) is 9.58. The Balaban J connectivity index is 2.05. The summed E-state index contributed by atoms with van der Waals surface area (Å²) < 4.78 is 14.1. The van der Waals surface area contributed by atoms with Gasteiger partial charge >= 0.3 is 0 Å². The molecule has 0 radical (unpaired) electrons. The molecule has 2 heterocycles. The van der Waals surface area contributed by atoms with Crippen LogP contribution in [-0.4, -0.2) is 12.5 Å². The van der Waals surface area contributed by atoms with E-state index in [1.807, 2.05) is 26.0 Å². The van der Waals surface area contributed by atoms with Gasteiger partial charge in [0.1, 0.15) is 5.82 Å². The summed E-state index contributed by atoms with van der Waals surface area (Å²) in [5, 5.41) is 0. The smallest absolute Gasteiger partial charge is 0.259 e. The highest BCUT2D eigenvalue weighted by Crippen LogP contribution is 2.32. The molecule has 20 heavy (non-hydrogen) atoms. The van der Waals surface area contributed by atoms with E-state index in [9.17, 15) is 9.18 Å². The van der Waals surface area contributed by atoms with Crippen LogP contribution in [0.2, 0.25) is 0 Å². The molecule has 1 aliphatic rings. The molecular weight excluding hydrogens is 273 g/mol. The lowest BCUT2D eigenvalue weighted by Gasteiger charge is -2.29. The minimum atomic E-state index is -0.305. The number of thiophene rings is 1. The summed E-state index contributed by atoms with van der Waals surface area (Å²) in [4.78, 5) is 16.4. The maximum atomic E-state index is 14.1. The van der Waals surface area contributed by atoms with Gasteiger partial charge in [0.25, 0.3) is 5.91 Å². The third-order valence-electron chi connectivity index (χ3n) is 3.68. The first kappa shape index (κ1) is 13.3. The van der Waals surface area contributed by atoms with Crippen molar-refractivity contribution in [3.8, 4) is 0 Å². The molecule has 0 unspecified atom stereocenters. The van der Waals surface area contributed by atoms with Crippen molar-refractivity contribution >= 4 is 22.9 Å². The molecule has 2 nitrogen and oxygen atoms in total. The molecule has 4 heteroatoms. The SMILES string of the molecule is Cc1cc(C(=O)N2CCCc3cccc(F)c32)c(C)s1. The molecule has 0 spiro atoms. The average molecular weight is 289 g/mol. The van der Waals surface area contributed by atoms with Gasteiger partial charge in [-0.05, 0) is 44.4 Å². The molecule has 1 aromatic heterocycles. The van der Waals surface area contributed by atoms with Gasteiger partial charge in [0.2, 0.25) is 0 Å². The van der Waals surface area contributed by atoms with Gasteiger partial charge in [0.15, 0.2) is 0 Å². The average Bonchev–Trinajstić information content (AvgIpc) is 2.77. The van der Waals surface area contributed by atoms with Gasteiger partial charge in [-0.2, -0.15) is 0 Å². The molecule has 1 aromatic carbocycles. The van der Waals surface area contributed by atoms with Gasteiger partial charge in [-0.25, -0.2) is 4.39 Å². The minimum absolute atomic E-state index is 0.0853. The number of carbonyl (C=O) groups is 1. The largest absolute Gasteiger partial charge is 0.305 e. The van der Waals surface area contributed by atoms with Gasteiger partial charge in [-0.15, -0.1) is 11.3 Å². The van der Waals surface area contributed by atoms with Gasteiger partial charge in [-0.1, -0.05) is 12.1 Å². The fourth-order valence-corrected chi connectivity index (χ4v) is 3.71. The Morgan fingerprint density at radius 1 is 1.35 bits per heavy atom. The first-order valence-electron chi connectivity index (χ1n) is 6.74. The lowest BCUT2D eigenvalue weighted by Crippen LogP contribution is -2.36. The number of hydrogen-bond acceptors (Lipinski definition) is 2. The van der Waals surface area contributed by atoms with Crippen LogP contribution >= 0.6 is 11.3 Å². The summed E-state index contributed by atoms with van der Waals surface area (Å²) in [6.45, 7) is 4.51. The summed E-state index contributed by atoms with van der Waals surface area (Å²) in [5.41, 5.74) is 2.09.